The van der Waals surface area contributed by atoms with Crippen molar-refractivity contribution in [2.45, 2.75) is 82.4 Å². The number of hydrogen-bond donors (Lipinski definition) is 3. The van der Waals surface area contributed by atoms with Gasteiger partial charge in [0.15, 0.2) is 0 Å². The first-order chi connectivity index (χ1) is 18.2. The SMILES string of the molecule is CCCCNC(=O)C1N([C@@H](CO)CC(C)C)C(=O)[C@@H]2[C@H](C(=O)Nc3ccc(OCC)cc3)[C@@H]3CC(C)C12S3. The Balaban J connectivity index is 1.67. The van der Waals surface area contributed by atoms with E-state index < -0.39 is 28.7 Å². The van der Waals surface area contributed by atoms with Gasteiger partial charge in [0, 0.05) is 17.5 Å². The first-order valence-corrected chi connectivity index (χ1v) is 15.0. The lowest BCUT2D eigenvalue weighted by Gasteiger charge is -2.40. The van der Waals surface area contributed by atoms with Crippen LogP contribution in [0.2, 0.25) is 0 Å². The molecule has 4 rings (SSSR count). The molecule has 0 aliphatic carbocycles. The van der Waals surface area contributed by atoms with Crippen LogP contribution >= 0.6 is 11.8 Å². The van der Waals surface area contributed by atoms with E-state index in [1.165, 1.54) is 0 Å². The average Bonchev–Trinajstić information content (AvgIpc) is 3.47. The van der Waals surface area contributed by atoms with Gasteiger partial charge in [0.05, 0.1) is 35.8 Å². The Labute approximate surface area is 230 Å². The van der Waals surface area contributed by atoms with Crippen LogP contribution in [-0.4, -0.2) is 69.6 Å². The van der Waals surface area contributed by atoms with Crippen LogP contribution in [0, 0.1) is 23.7 Å². The van der Waals surface area contributed by atoms with Gasteiger partial charge in [-0.3, -0.25) is 14.4 Å². The number of amides is 3. The second-order valence-corrected chi connectivity index (χ2v) is 12.9. The van der Waals surface area contributed by atoms with Crippen LogP contribution in [0.15, 0.2) is 24.3 Å². The van der Waals surface area contributed by atoms with E-state index in [0.717, 1.165) is 25.0 Å². The molecule has 1 aromatic carbocycles. The number of fused-ring (bicyclic) bond motifs is 1. The zero-order chi connectivity index (χ0) is 27.6. The molecular formula is C29H43N3O5S. The third-order valence-corrected chi connectivity index (χ3v) is 10.4. The summed E-state index contributed by atoms with van der Waals surface area (Å²) < 4.78 is 4.81. The molecule has 3 unspecified atom stereocenters. The molecule has 3 amide bonds. The number of aliphatic hydroxyl groups is 1. The van der Waals surface area contributed by atoms with Crippen LogP contribution in [0.25, 0.3) is 0 Å². The normalized spacial score (nSPS) is 30.4. The lowest BCUT2D eigenvalue weighted by atomic mass is 9.66. The number of aliphatic hydroxyl groups excluding tert-OH is 1. The highest BCUT2D eigenvalue weighted by Gasteiger charge is 2.76. The highest BCUT2D eigenvalue weighted by molar-refractivity contribution is 8.02. The molecule has 3 N–H and O–H groups in total. The third kappa shape index (κ3) is 5.04. The molecule has 9 heteroatoms. The Kier molecular flexibility index (Phi) is 8.97. The van der Waals surface area contributed by atoms with Gasteiger partial charge in [0.25, 0.3) is 0 Å². The van der Waals surface area contributed by atoms with Crippen LogP contribution in [0.3, 0.4) is 0 Å². The minimum absolute atomic E-state index is 0.0348. The van der Waals surface area contributed by atoms with Crippen molar-refractivity contribution in [3.63, 3.8) is 0 Å². The average molecular weight is 546 g/mol. The lowest BCUT2D eigenvalue weighted by molar-refractivity contribution is -0.142. The maximum absolute atomic E-state index is 14.3. The molecule has 0 saturated carbocycles. The minimum atomic E-state index is -0.707. The summed E-state index contributed by atoms with van der Waals surface area (Å²) in [6, 6.07) is 6.06. The number of likely N-dealkylation sites (tertiary alicyclic amines) is 1. The predicted molar refractivity (Wildman–Crippen MR) is 150 cm³/mol. The highest BCUT2D eigenvalue weighted by atomic mass is 32.2. The molecule has 3 aliphatic heterocycles. The molecule has 1 aromatic rings. The largest absolute Gasteiger partial charge is 0.494 e. The molecule has 0 radical (unpaired) electrons. The van der Waals surface area contributed by atoms with Gasteiger partial charge in [0.1, 0.15) is 11.8 Å². The molecule has 8 nitrogen and oxygen atoms in total. The van der Waals surface area contributed by atoms with E-state index in [4.69, 9.17) is 4.74 Å². The molecule has 3 saturated heterocycles. The van der Waals surface area contributed by atoms with Crippen molar-refractivity contribution in [3.05, 3.63) is 24.3 Å². The van der Waals surface area contributed by atoms with E-state index in [0.29, 0.717) is 25.3 Å². The number of carbonyl (C=O) groups is 3. The van der Waals surface area contributed by atoms with Crippen molar-refractivity contribution in [1.82, 2.24) is 10.2 Å². The Bertz CT molecular complexity index is 1020. The first-order valence-electron chi connectivity index (χ1n) is 14.1. The summed E-state index contributed by atoms with van der Waals surface area (Å²) in [7, 11) is 0. The molecule has 2 bridgehead atoms. The third-order valence-electron chi connectivity index (χ3n) is 8.34. The Morgan fingerprint density at radius 2 is 1.92 bits per heavy atom. The van der Waals surface area contributed by atoms with Gasteiger partial charge < -0.3 is 25.4 Å². The zero-order valence-electron chi connectivity index (χ0n) is 23.2. The van der Waals surface area contributed by atoms with E-state index in [-0.39, 0.29) is 41.4 Å². The number of hydrogen-bond acceptors (Lipinski definition) is 6. The molecule has 3 aliphatic rings. The van der Waals surface area contributed by atoms with E-state index in [9.17, 15) is 19.5 Å². The van der Waals surface area contributed by atoms with Crippen LogP contribution < -0.4 is 15.4 Å². The van der Waals surface area contributed by atoms with E-state index in [2.05, 4.69) is 38.3 Å². The number of unbranched alkanes of at least 4 members (excludes halogenated alkanes) is 1. The van der Waals surface area contributed by atoms with Gasteiger partial charge in [-0.1, -0.05) is 34.1 Å². The van der Waals surface area contributed by atoms with Crippen LogP contribution in [0.4, 0.5) is 5.69 Å². The van der Waals surface area contributed by atoms with Crippen molar-refractivity contribution >= 4 is 35.2 Å². The standard InChI is InChI=1S/C29H43N3O5S/c1-6-8-13-30-27(35)25-29-18(5)15-22(38-29)23(24(29)28(36)32(25)20(16-33)14-17(3)4)26(34)31-19-9-11-21(12-10-19)37-7-2/h9-12,17-18,20,22-25,33H,6-8,13-16H2,1-5H3,(H,30,35)(H,31,34)/t18?,20-,22+,23-,24+,25?,29?/m1/s1. The van der Waals surface area contributed by atoms with Crippen molar-refractivity contribution < 1.29 is 24.2 Å². The number of rotatable bonds is 12. The minimum Gasteiger partial charge on any atom is -0.494 e. The Hall–Kier alpha value is -2.26. The Morgan fingerprint density at radius 3 is 2.53 bits per heavy atom. The summed E-state index contributed by atoms with van der Waals surface area (Å²) in [5.41, 5.74) is 0.650. The maximum Gasteiger partial charge on any atom is 0.244 e. The smallest absolute Gasteiger partial charge is 0.244 e. The summed E-state index contributed by atoms with van der Waals surface area (Å²) in [5, 5.41) is 16.4. The van der Waals surface area contributed by atoms with Gasteiger partial charge in [-0.05, 0) is 62.3 Å². The van der Waals surface area contributed by atoms with Gasteiger partial charge in [-0.2, -0.15) is 0 Å². The van der Waals surface area contributed by atoms with Crippen molar-refractivity contribution in [2.75, 3.05) is 25.1 Å². The van der Waals surface area contributed by atoms with Crippen molar-refractivity contribution in [2.24, 2.45) is 23.7 Å². The number of nitrogens with one attached hydrogen (secondary N) is 2. The number of benzene rings is 1. The molecule has 0 aromatic heterocycles. The van der Waals surface area contributed by atoms with Gasteiger partial charge in [-0.15, -0.1) is 11.8 Å². The number of ether oxygens (including phenoxy) is 1. The zero-order valence-corrected chi connectivity index (χ0v) is 24.1. The highest BCUT2D eigenvalue weighted by Crippen LogP contribution is 2.68. The molecule has 7 atom stereocenters. The van der Waals surface area contributed by atoms with Crippen LogP contribution in [0.1, 0.15) is 60.3 Å². The molecule has 3 heterocycles. The molecular weight excluding hydrogens is 502 g/mol. The molecule has 3 fully saturated rings. The molecule has 1 spiro atoms. The van der Waals surface area contributed by atoms with Gasteiger partial charge in [-0.25, -0.2) is 0 Å². The van der Waals surface area contributed by atoms with Crippen molar-refractivity contribution in [1.29, 1.82) is 0 Å². The summed E-state index contributed by atoms with van der Waals surface area (Å²) in [5.74, 6) is -0.606. The monoisotopic (exact) mass is 545 g/mol. The fraction of sp³-hybridized carbons (Fsp3) is 0.690. The topological polar surface area (TPSA) is 108 Å². The number of carbonyl (C=O) groups excluding carboxylic acids is 3. The van der Waals surface area contributed by atoms with E-state index >= 15 is 0 Å². The fourth-order valence-corrected chi connectivity index (χ4v) is 9.19. The lowest BCUT2D eigenvalue weighted by Crippen LogP contribution is -2.58. The van der Waals surface area contributed by atoms with Crippen LogP contribution in [0.5, 0.6) is 5.75 Å². The maximum atomic E-state index is 14.3. The number of thioether (sulfide) groups is 1. The molecule has 38 heavy (non-hydrogen) atoms. The summed E-state index contributed by atoms with van der Waals surface area (Å²) in [4.78, 5) is 43.4. The molecule has 210 valence electrons. The van der Waals surface area contributed by atoms with Crippen molar-refractivity contribution in [3.8, 4) is 5.75 Å². The number of nitrogens with zero attached hydrogens (tertiary/aromatic N) is 1. The summed E-state index contributed by atoms with van der Waals surface area (Å²) in [6.07, 6.45) is 3.18. The van der Waals surface area contributed by atoms with E-state index in [1.54, 1.807) is 28.8 Å². The predicted octanol–water partition coefficient (Wildman–Crippen LogP) is 3.68. The van der Waals surface area contributed by atoms with Gasteiger partial charge >= 0.3 is 0 Å². The first kappa shape index (κ1) is 28.7. The Morgan fingerprint density at radius 1 is 1.21 bits per heavy atom. The second kappa shape index (κ2) is 11.9. The summed E-state index contributed by atoms with van der Waals surface area (Å²) in [6.45, 7) is 11.1. The van der Waals surface area contributed by atoms with E-state index in [1.807, 2.05) is 19.1 Å². The number of anilines is 1. The second-order valence-electron chi connectivity index (χ2n) is 11.4. The summed E-state index contributed by atoms with van der Waals surface area (Å²) >= 11 is 1.66. The van der Waals surface area contributed by atoms with Crippen LogP contribution in [-0.2, 0) is 14.4 Å². The fourth-order valence-electron chi connectivity index (χ4n) is 6.78. The quantitative estimate of drug-likeness (QED) is 0.346. The van der Waals surface area contributed by atoms with Gasteiger partial charge in [0.2, 0.25) is 17.7 Å².